The van der Waals surface area contributed by atoms with Crippen LogP contribution in [0.3, 0.4) is 0 Å². The molecule has 100 valence electrons. The lowest BCUT2D eigenvalue weighted by molar-refractivity contribution is 0.0904. The average Bonchev–Trinajstić information content (AvgIpc) is 2.36. The maximum atomic E-state index is 15.1. The van der Waals surface area contributed by atoms with E-state index in [0.717, 1.165) is 19.3 Å². The zero-order valence-electron chi connectivity index (χ0n) is 11.0. The van der Waals surface area contributed by atoms with Crippen molar-refractivity contribution < 1.29 is 9.13 Å². The lowest BCUT2D eigenvalue weighted by Gasteiger charge is -2.34. The van der Waals surface area contributed by atoms with Crippen molar-refractivity contribution in [3.63, 3.8) is 0 Å². The number of nitrogens with two attached hydrogens (primary N) is 1. The summed E-state index contributed by atoms with van der Waals surface area (Å²) in [4.78, 5) is 0. The second-order valence-corrected chi connectivity index (χ2v) is 5.17. The van der Waals surface area contributed by atoms with Crippen molar-refractivity contribution in [2.45, 2.75) is 50.7 Å². The molecule has 1 saturated carbocycles. The van der Waals surface area contributed by atoms with Crippen molar-refractivity contribution in [3.8, 4) is 5.75 Å². The van der Waals surface area contributed by atoms with Gasteiger partial charge in [0.25, 0.3) is 0 Å². The first kappa shape index (κ1) is 13.3. The van der Waals surface area contributed by atoms with E-state index >= 15 is 4.39 Å². The molecule has 1 aromatic rings. The van der Waals surface area contributed by atoms with Crippen molar-refractivity contribution in [3.05, 3.63) is 29.8 Å². The van der Waals surface area contributed by atoms with Gasteiger partial charge in [-0.05, 0) is 31.7 Å². The molecule has 0 heterocycles. The predicted octanol–water partition coefficient (Wildman–Crippen LogP) is 3.54. The third-order valence-corrected chi connectivity index (χ3v) is 3.57. The smallest absolute Gasteiger partial charge is 0.141 e. The van der Waals surface area contributed by atoms with E-state index in [0.29, 0.717) is 30.8 Å². The number of ether oxygens (including phenoxy) is 1. The van der Waals surface area contributed by atoms with Crippen LogP contribution in [0.5, 0.6) is 5.75 Å². The molecule has 1 aromatic carbocycles. The summed E-state index contributed by atoms with van der Waals surface area (Å²) in [7, 11) is 0. The molecule has 2 N–H and O–H groups in total. The molecule has 1 aliphatic rings. The lowest BCUT2D eigenvalue weighted by Crippen LogP contribution is -2.36. The van der Waals surface area contributed by atoms with Crippen LogP contribution in [-0.2, 0) is 5.67 Å². The van der Waals surface area contributed by atoms with Crippen LogP contribution < -0.4 is 10.5 Å². The summed E-state index contributed by atoms with van der Waals surface area (Å²) >= 11 is 0. The van der Waals surface area contributed by atoms with Crippen LogP contribution in [0.2, 0.25) is 0 Å². The van der Waals surface area contributed by atoms with Crippen LogP contribution in [0.4, 0.5) is 4.39 Å². The van der Waals surface area contributed by atoms with E-state index < -0.39 is 5.67 Å². The average molecular weight is 251 g/mol. The maximum absolute atomic E-state index is 15.1. The molecular weight excluding hydrogens is 229 g/mol. The van der Waals surface area contributed by atoms with Crippen LogP contribution >= 0.6 is 0 Å². The summed E-state index contributed by atoms with van der Waals surface area (Å²) in [6.45, 7) is 2.67. The van der Waals surface area contributed by atoms with Gasteiger partial charge >= 0.3 is 0 Å². The van der Waals surface area contributed by atoms with Crippen LogP contribution in [0.1, 0.15) is 44.6 Å². The Labute approximate surface area is 108 Å². The first-order valence-corrected chi connectivity index (χ1v) is 6.82. The molecule has 2 atom stereocenters. The molecule has 1 fully saturated rings. The fourth-order valence-corrected chi connectivity index (χ4v) is 2.68. The summed E-state index contributed by atoms with van der Waals surface area (Å²) in [6, 6.07) is 7.41. The normalized spacial score (nSPS) is 28.1. The van der Waals surface area contributed by atoms with E-state index in [1.54, 1.807) is 0 Å². The molecule has 18 heavy (non-hydrogen) atoms. The minimum Gasteiger partial charge on any atom is -0.493 e. The summed E-state index contributed by atoms with van der Waals surface area (Å²) in [6.07, 6.45) is 3.64. The van der Waals surface area contributed by atoms with E-state index in [-0.39, 0.29) is 6.04 Å². The third-order valence-electron chi connectivity index (χ3n) is 3.57. The summed E-state index contributed by atoms with van der Waals surface area (Å²) in [5, 5.41) is 0. The van der Waals surface area contributed by atoms with Gasteiger partial charge < -0.3 is 10.5 Å². The van der Waals surface area contributed by atoms with Gasteiger partial charge in [-0.15, -0.1) is 0 Å². The Morgan fingerprint density at radius 1 is 1.44 bits per heavy atom. The lowest BCUT2D eigenvalue weighted by atomic mass is 9.78. The van der Waals surface area contributed by atoms with Gasteiger partial charge in [0.1, 0.15) is 11.4 Å². The van der Waals surface area contributed by atoms with Crippen LogP contribution in [0.25, 0.3) is 0 Å². The monoisotopic (exact) mass is 251 g/mol. The number of hydrogen-bond acceptors (Lipinski definition) is 2. The van der Waals surface area contributed by atoms with E-state index in [4.69, 9.17) is 10.5 Å². The quantitative estimate of drug-likeness (QED) is 0.888. The van der Waals surface area contributed by atoms with Crippen LogP contribution in [0, 0.1) is 0 Å². The van der Waals surface area contributed by atoms with Crippen molar-refractivity contribution in [2.24, 2.45) is 5.73 Å². The molecule has 0 aliphatic heterocycles. The van der Waals surface area contributed by atoms with Gasteiger partial charge in [-0.2, -0.15) is 0 Å². The van der Waals surface area contributed by atoms with E-state index in [9.17, 15) is 0 Å². The second kappa shape index (κ2) is 5.70. The van der Waals surface area contributed by atoms with Crippen LogP contribution in [0.15, 0.2) is 24.3 Å². The van der Waals surface area contributed by atoms with E-state index in [2.05, 4.69) is 0 Å². The molecule has 2 unspecified atom stereocenters. The molecule has 3 heteroatoms. The van der Waals surface area contributed by atoms with Gasteiger partial charge in [-0.3, -0.25) is 0 Å². The Balaban J connectivity index is 2.25. The van der Waals surface area contributed by atoms with Crippen LogP contribution in [-0.4, -0.2) is 12.6 Å². The number of hydrogen-bond donors (Lipinski definition) is 1. The van der Waals surface area contributed by atoms with Gasteiger partial charge in [-0.25, -0.2) is 4.39 Å². The molecule has 2 nitrogen and oxygen atoms in total. The second-order valence-electron chi connectivity index (χ2n) is 5.17. The largest absolute Gasteiger partial charge is 0.493 e. The molecule has 1 aliphatic carbocycles. The molecule has 0 spiro atoms. The summed E-state index contributed by atoms with van der Waals surface area (Å²) in [5.41, 5.74) is 5.27. The first-order valence-electron chi connectivity index (χ1n) is 6.82. The van der Waals surface area contributed by atoms with E-state index in [1.807, 2.05) is 31.2 Å². The highest BCUT2D eigenvalue weighted by Crippen LogP contribution is 2.44. The predicted molar refractivity (Wildman–Crippen MR) is 71.5 cm³/mol. The van der Waals surface area contributed by atoms with Crippen molar-refractivity contribution in [1.29, 1.82) is 0 Å². The molecule has 0 bridgehead atoms. The van der Waals surface area contributed by atoms with Gasteiger partial charge in [-0.1, -0.05) is 25.1 Å². The highest BCUT2D eigenvalue weighted by atomic mass is 19.1. The van der Waals surface area contributed by atoms with Crippen molar-refractivity contribution >= 4 is 0 Å². The molecule has 0 saturated heterocycles. The SMILES string of the molecule is CCCOc1ccccc1C1(F)CCCC(N)C1. The Morgan fingerprint density at radius 2 is 2.22 bits per heavy atom. The highest BCUT2D eigenvalue weighted by Gasteiger charge is 2.38. The summed E-state index contributed by atoms with van der Waals surface area (Å²) in [5.74, 6) is 0.677. The molecule has 0 amide bonds. The maximum Gasteiger partial charge on any atom is 0.141 e. The Morgan fingerprint density at radius 3 is 2.94 bits per heavy atom. The Hall–Kier alpha value is -1.09. The van der Waals surface area contributed by atoms with Gasteiger partial charge in [0.2, 0.25) is 0 Å². The third kappa shape index (κ3) is 2.83. The van der Waals surface area contributed by atoms with E-state index in [1.165, 1.54) is 0 Å². The minimum absolute atomic E-state index is 0.0389. The molecule has 0 radical (unpaired) electrons. The number of para-hydroxylation sites is 1. The molecular formula is C15H22FNO. The molecule has 0 aromatic heterocycles. The van der Waals surface area contributed by atoms with Gasteiger partial charge in [0.15, 0.2) is 0 Å². The van der Waals surface area contributed by atoms with Crippen molar-refractivity contribution in [2.75, 3.05) is 6.61 Å². The Bertz CT molecular complexity index is 396. The fourth-order valence-electron chi connectivity index (χ4n) is 2.68. The standard InChI is InChI=1S/C15H22FNO/c1-2-10-18-14-8-4-3-7-13(14)15(16)9-5-6-12(17)11-15/h3-4,7-8,12H,2,5-6,9-11,17H2,1H3. The number of rotatable bonds is 4. The minimum atomic E-state index is -1.32. The van der Waals surface area contributed by atoms with Crippen molar-refractivity contribution in [1.82, 2.24) is 0 Å². The molecule has 2 rings (SSSR count). The first-order chi connectivity index (χ1) is 8.65. The fraction of sp³-hybridized carbons (Fsp3) is 0.600. The number of alkyl halides is 1. The number of halogens is 1. The zero-order valence-corrected chi connectivity index (χ0v) is 11.0. The van der Waals surface area contributed by atoms with Gasteiger partial charge in [0.05, 0.1) is 6.61 Å². The number of benzene rings is 1. The van der Waals surface area contributed by atoms with Gasteiger partial charge in [0, 0.05) is 18.0 Å². The zero-order chi connectivity index (χ0) is 13.0. The highest BCUT2D eigenvalue weighted by molar-refractivity contribution is 5.38. The summed E-state index contributed by atoms with van der Waals surface area (Å²) < 4.78 is 20.7. The topological polar surface area (TPSA) is 35.2 Å². The Kier molecular flexibility index (Phi) is 4.23.